The molecule has 7 heteroatoms. The van der Waals surface area contributed by atoms with E-state index in [4.69, 9.17) is 5.11 Å². The van der Waals surface area contributed by atoms with E-state index in [1.807, 2.05) is 6.92 Å². The van der Waals surface area contributed by atoms with Gasteiger partial charge in [0.25, 0.3) is 0 Å². The van der Waals surface area contributed by atoms with Crippen molar-refractivity contribution in [1.29, 1.82) is 0 Å². The van der Waals surface area contributed by atoms with E-state index in [0.29, 0.717) is 12.2 Å². The molecule has 0 bridgehead atoms. The summed E-state index contributed by atoms with van der Waals surface area (Å²) in [6.45, 7) is 6.09. The van der Waals surface area contributed by atoms with Crippen LogP contribution in [0, 0.1) is 5.92 Å². The number of hydrogen-bond acceptors (Lipinski definition) is 3. The molecule has 0 aliphatic rings. The number of carbonyl (C=O) groups excluding carboxylic acids is 1. The van der Waals surface area contributed by atoms with E-state index in [1.54, 1.807) is 24.7 Å². The molecule has 1 rings (SSSR count). The van der Waals surface area contributed by atoms with E-state index in [0.717, 1.165) is 0 Å². The maximum atomic E-state index is 11.6. The molecule has 1 atom stereocenters. The van der Waals surface area contributed by atoms with Crippen molar-refractivity contribution in [2.24, 2.45) is 5.92 Å². The van der Waals surface area contributed by atoms with E-state index in [1.165, 1.54) is 6.20 Å². The molecule has 18 heavy (non-hydrogen) atoms. The first kappa shape index (κ1) is 14.0. The third-order valence-electron chi connectivity index (χ3n) is 2.43. The van der Waals surface area contributed by atoms with Crippen LogP contribution >= 0.6 is 0 Å². The number of nitrogens with one attached hydrogen (secondary N) is 2. The normalized spacial score (nSPS) is 12.2. The summed E-state index contributed by atoms with van der Waals surface area (Å²) in [5.41, 5.74) is 0.530. The summed E-state index contributed by atoms with van der Waals surface area (Å²) in [5.74, 6) is -1.24. The summed E-state index contributed by atoms with van der Waals surface area (Å²) in [7, 11) is 0. The fraction of sp³-hybridized carbons (Fsp3) is 0.545. The van der Waals surface area contributed by atoms with Crippen LogP contribution in [0.2, 0.25) is 0 Å². The number of urea groups is 1. The quantitative estimate of drug-likeness (QED) is 0.734. The van der Waals surface area contributed by atoms with Crippen LogP contribution in [0.1, 0.15) is 20.8 Å². The van der Waals surface area contributed by atoms with Gasteiger partial charge in [-0.3, -0.25) is 4.68 Å². The van der Waals surface area contributed by atoms with Crippen LogP contribution in [0.5, 0.6) is 0 Å². The molecular formula is C11H18N4O3. The van der Waals surface area contributed by atoms with Gasteiger partial charge >= 0.3 is 12.0 Å². The maximum Gasteiger partial charge on any atom is 0.326 e. The van der Waals surface area contributed by atoms with Gasteiger partial charge in [-0.2, -0.15) is 5.10 Å². The van der Waals surface area contributed by atoms with E-state index >= 15 is 0 Å². The number of carbonyl (C=O) groups is 2. The number of carboxylic acid groups (broad SMARTS) is 1. The third kappa shape index (κ3) is 3.76. The minimum Gasteiger partial charge on any atom is -0.480 e. The van der Waals surface area contributed by atoms with E-state index in [9.17, 15) is 9.59 Å². The molecule has 0 fully saturated rings. The van der Waals surface area contributed by atoms with Crippen LogP contribution in [0.15, 0.2) is 12.4 Å². The molecule has 0 radical (unpaired) electrons. The number of nitrogens with zero attached hydrogens (tertiary/aromatic N) is 2. The van der Waals surface area contributed by atoms with Crippen LogP contribution in [0.25, 0.3) is 0 Å². The molecule has 100 valence electrons. The molecular weight excluding hydrogens is 236 g/mol. The van der Waals surface area contributed by atoms with Gasteiger partial charge < -0.3 is 15.7 Å². The highest BCUT2D eigenvalue weighted by Crippen LogP contribution is 2.06. The Hall–Kier alpha value is -2.05. The van der Waals surface area contributed by atoms with Crippen LogP contribution in [-0.2, 0) is 11.3 Å². The zero-order valence-electron chi connectivity index (χ0n) is 10.7. The average Bonchev–Trinajstić information content (AvgIpc) is 2.72. The molecule has 1 aromatic heterocycles. The molecule has 1 heterocycles. The summed E-state index contributed by atoms with van der Waals surface area (Å²) in [6, 6.07) is -1.46. The van der Waals surface area contributed by atoms with Gasteiger partial charge in [0.15, 0.2) is 0 Å². The van der Waals surface area contributed by atoms with Gasteiger partial charge in [0.05, 0.1) is 11.9 Å². The topological polar surface area (TPSA) is 96.2 Å². The monoisotopic (exact) mass is 254 g/mol. The molecule has 2 amide bonds. The second kappa shape index (κ2) is 6.04. The van der Waals surface area contributed by atoms with Crippen LogP contribution in [0.4, 0.5) is 10.5 Å². The maximum absolute atomic E-state index is 11.6. The number of rotatable bonds is 5. The van der Waals surface area contributed by atoms with E-state index in [2.05, 4.69) is 15.7 Å². The van der Waals surface area contributed by atoms with Crippen LogP contribution in [-0.4, -0.2) is 32.9 Å². The van der Waals surface area contributed by atoms with Gasteiger partial charge in [0, 0.05) is 12.7 Å². The number of aromatic nitrogens is 2. The first-order valence-corrected chi connectivity index (χ1v) is 5.76. The summed E-state index contributed by atoms with van der Waals surface area (Å²) in [6.07, 6.45) is 3.18. The van der Waals surface area contributed by atoms with Crippen LogP contribution < -0.4 is 10.6 Å². The van der Waals surface area contributed by atoms with Crippen molar-refractivity contribution in [2.75, 3.05) is 5.32 Å². The molecule has 3 N–H and O–H groups in total. The van der Waals surface area contributed by atoms with Gasteiger partial charge in [-0.25, -0.2) is 9.59 Å². The lowest BCUT2D eigenvalue weighted by molar-refractivity contribution is -0.140. The second-order valence-electron chi connectivity index (χ2n) is 4.24. The van der Waals surface area contributed by atoms with Crippen molar-refractivity contribution in [1.82, 2.24) is 15.1 Å². The zero-order chi connectivity index (χ0) is 13.7. The highest BCUT2D eigenvalue weighted by Gasteiger charge is 2.23. The Morgan fingerprint density at radius 2 is 2.17 bits per heavy atom. The average molecular weight is 254 g/mol. The summed E-state index contributed by atoms with van der Waals surface area (Å²) < 4.78 is 1.66. The Morgan fingerprint density at radius 1 is 1.50 bits per heavy atom. The smallest absolute Gasteiger partial charge is 0.326 e. The highest BCUT2D eigenvalue weighted by molar-refractivity contribution is 5.92. The molecule has 1 aromatic rings. The number of hydrogen-bond donors (Lipinski definition) is 3. The Morgan fingerprint density at radius 3 is 2.61 bits per heavy atom. The number of aliphatic carboxylic acids is 1. The van der Waals surface area contributed by atoms with Crippen LogP contribution in [0.3, 0.4) is 0 Å². The van der Waals surface area contributed by atoms with Crippen molar-refractivity contribution < 1.29 is 14.7 Å². The molecule has 1 unspecified atom stereocenters. The van der Waals surface area contributed by atoms with Crippen molar-refractivity contribution in [3.63, 3.8) is 0 Å². The molecule has 7 nitrogen and oxygen atoms in total. The zero-order valence-corrected chi connectivity index (χ0v) is 10.7. The fourth-order valence-corrected chi connectivity index (χ4v) is 1.42. The predicted octanol–water partition coefficient (Wildman–Crippen LogP) is 1.13. The van der Waals surface area contributed by atoms with Gasteiger partial charge in [-0.15, -0.1) is 0 Å². The van der Waals surface area contributed by atoms with E-state index in [-0.39, 0.29) is 5.92 Å². The largest absolute Gasteiger partial charge is 0.480 e. The minimum absolute atomic E-state index is 0.188. The molecule has 0 aliphatic carbocycles. The SMILES string of the molecule is CCn1cc(NC(=O)NC(C(=O)O)C(C)C)cn1. The van der Waals surface area contributed by atoms with Gasteiger partial charge in [0.2, 0.25) is 0 Å². The van der Waals surface area contributed by atoms with Gasteiger partial charge in [-0.05, 0) is 12.8 Å². The molecule has 0 spiro atoms. The Bertz CT molecular complexity index is 428. The Balaban J connectivity index is 2.57. The van der Waals surface area contributed by atoms with Crippen molar-refractivity contribution >= 4 is 17.7 Å². The molecule has 0 aliphatic heterocycles. The first-order chi connectivity index (χ1) is 8.43. The number of amides is 2. The number of anilines is 1. The molecule has 0 saturated carbocycles. The van der Waals surface area contributed by atoms with Crippen molar-refractivity contribution in [3.8, 4) is 0 Å². The fourth-order valence-electron chi connectivity index (χ4n) is 1.42. The van der Waals surface area contributed by atoms with E-state index < -0.39 is 18.0 Å². The highest BCUT2D eigenvalue weighted by atomic mass is 16.4. The summed E-state index contributed by atoms with van der Waals surface area (Å²) in [5, 5.41) is 17.9. The summed E-state index contributed by atoms with van der Waals surface area (Å²) >= 11 is 0. The third-order valence-corrected chi connectivity index (χ3v) is 2.43. The lowest BCUT2D eigenvalue weighted by atomic mass is 10.1. The second-order valence-corrected chi connectivity index (χ2v) is 4.24. The first-order valence-electron chi connectivity index (χ1n) is 5.76. The van der Waals surface area contributed by atoms with Gasteiger partial charge in [0.1, 0.15) is 6.04 Å². The Kier molecular flexibility index (Phi) is 4.70. The number of aryl methyl sites for hydroxylation is 1. The molecule has 0 aromatic carbocycles. The lowest BCUT2D eigenvalue weighted by Crippen LogP contribution is -2.46. The van der Waals surface area contributed by atoms with Crippen molar-refractivity contribution in [3.05, 3.63) is 12.4 Å². The lowest BCUT2D eigenvalue weighted by Gasteiger charge is -2.17. The summed E-state index contributed by atoms with van der Waals surface area (Å²) in [4.78, 5) is 22.5. The minimum atomic E-state index is -1.05. The standard InChI is InChI=1S/C11H18N4O3/c1-4-15-6-8(5-12-15)13-11(18)14-9(7(2)3)10(16)17/h5-7,9H,4H2,1-3H3,(H,16,17)(H2,13,14,18). The van der Waals surface area contributed by atoms with Crippen molar-refractivity contribution in [2.45, 2.75) is 33.4 Å². The predicted molar refractivity (Wildman–Crippen MR) is 66.3 cm³/mol. The molecule has 0 saturated heterocycles. The number of carboxylic acids is 1. The Labute approximate surface area is 105 Å². The van der Waals surface area contributed by atoms with Gasteiger partial charge in [-0.1, -0.05) is 13.8 Å².